The van der Waals surface area contributed by atoms with Crippen molar-refractivity contribution in [1.29, 1.82) is 5.26 Å². The average Bonchev–Trinajstić information content (AvgIpc) is 2.54. The fourth-order valence-electron chi connectivity index (χ4n) is 1.56. The summed E-state index contributed by atoms with van der Waals surface area (Å²) >= 11 is 1.44. The summed E-state index contributed by atoms with van der Waals surface area (Å²) in [5.41, 5.74) is 6.91. The van der Waals surface area contributed by atoms with Crippen molar-refractivity contribution in [1.82, 2.24) is 4.90 Å². The highest BCUT2D eigenvalue weighted by molar-refractivity contribution is 7.16. The molecular formula is C12H18N4OS. The van der Waals surface area contributed by atoms with Gasteiger partial charge in [0.15, 0.2) is 0 Å². The van der Waals surface area contributed by atoms with E-state index in [-0.39, 0.29) is 12.5 Å². The molecule has 0 radical (unpaired) electrons. The van der Waals surface area contributed by atoms with Crippen LogP contribution < -0.4 is 11.1 Å². The third-order valence-electron chi connectivity index (χ3n) is 2.67. The monoisotopic (exact) mass is 266 g/mol. The molecule has 1 aromatic rings. The number of rotatable bonds is 5. The van der Waals surface area contributed by atoms with E-state index in [2.05, 4.69) is 11.4 Å². The van der Waals surface area contributed by atoms with Gasteiger partial charge in [0.2, 0.25) is 5.91 Å². The molecule has 0 saturated heterocycles. The number of nitriles is 1. The second kappa shape index (κ2) is 6.50. The van der Waals surface area contributed by atoms with Gasteiger partial charge in [0.25, 0.3) is 0 Å². The average molecular weight is 266 g/mol. The van der Waals surface area contributed by atoms with Gasteiger partial charge in [-0.15, -0.1) is 11.3 Å². The fourth-order valence-corrected chi connectivity index (χ4v) is 2.59. The zero-order valence-electron chi connectivity index (χ0n) is 10.9. The van der Waals surface area contributed by atoms with Crippen LogP contribution in [-0.4, -0.2) is 37.5 Å². The van der Waals surface area contributed by atoms with Crippen LogP contribution in [0.4, 0.5) is 5.00 Å². The van der Waals surface area contributed by atoms with Crippen LogP contribution >= 0.6 is 11.3 Å². The number of anilines is 1. The molecule has 18 heavy (non-hydrogen) atoms. The highest BCUT2D eigenvalue weighted by Crippen LogP contribution is 2.31. The molecule has 0 atom stereocenters. The van der Waals surface area contributed by atoms with Crippen LogP contribution in [0.3, 0.4) is 0 Å². The maximum absolute atomic E-state index is 11.8. The second-order valence-corrected chi connectivity index (χ2v) is 5.40. The fraction of sp³-hybridized carbons (Fsp3) is 0.500. The number of hydrogen-bond acceptors (Lipinski definition) is 5. The maximum atomic E-state index is 11.8. The van der Waals surface area contributed by atoms with Crippen molar-refractivity contribution in [2.45, 2.75) is 13.8 Å². The first-order valence-electron chi connectivity index (χ1n) is 5.68. The molecule has 98 valence electrons. The van der Waals surface area contributed by atoms with Gasteiger partial charge in [-0.25, -0.2) is 0 Å². The highest BCUT2D eigenvalue weighted by atomic mass is 32.1. The van der Waals surface area contributed by atoms with Crippen molar-refractivity contribution >= 4 is 22.2 Å². The van der Waals surface area contributed by atoms with Crippen LogP contribution in [-0.2, 0) is 4.79 Å². The lowest BCUT2D eigenvalue weighted by Crippen LogP contribution is -2.33. The van der Waals surface area contributed by atoms with E-state index in [0.717, 1.165) is 10.4 Å². The largest absolute Gasteiger partial charge is 0.329 e. The van der Waals surface area contributed by atoms with Gasteiger partial charge in [-0.1, -0.05) is 0 Å². The van der Waals surface area contributed by atoms with E-state index < -0.39 is 0 Å². The van der Waals surface area contributed by atoms with Gasteiger partial charge in [-0.3, -0.25) is 9.69 Å². The summed E-state index contributed by atoms with van der Waals surface area (Å²) in [4.78, 5) is 14.7. The Hall–Kier alpha value is -1.42. The Kier molecular flexibility index (Phi) is 5.28. The van der Waals surface area contributed by atoms with Crippen molar-refractivity contribution in [3.05, 3.63) is 16.0 Å². The van der Waals surface area contributed by atoms with Gasteiger partial charge in [0.05, 0.1) is 12.1 Å². The SMILES string of the molecule is Cc1sc(NC(=O)CN(C)CCN)c(C#N)c1C. The van der Waals surface area contributed by atoms with E-state index in [1.54, 1.807) is 0 Å². The zero-order valence-corrected chi connectivity index (χ0v) is 11.7. The number of carbonyl (C=O) groups excluding carboxylic acids is 1. The lowest BCUT2D eigenvalue weighted by molar-refractivity contribution is -0.117. The number of thiophene rings is 1. The Morgan fingerprint density at radius 2 is 2.22 bits per heavy atom. The van der Waals surface area contributed by atoms with Crippen molar-refractivity contribution in [3.63, 3.8) is 0 Å². The number of nitrogens with zero attached hydrogens (tertiary/aromatic N) is 2. The number of nitrogens with one attached hydrogen (secondary N) is 1. The molecule has 0 aromatic carbocycles. The van der Waals surface area contributed by atoms with Crippen molar-refractivity contribution in [2.24, 2.45) is 5.73 Å². The van der Waals surface area contributed by atoms with E-state index in [1.807, 2.05) is 25.8 Å². The summed E-state index contributed by atoms with van der Waals surface area (Å²) in [6.07, 6.45) is 0. The molecule has 1 heterocycles. The summed E-state index contributed by atoms with van der Waals surface area (Å²) < 4.78 is 0. The molecule has 0 aliphatic rings. The molecule has 0 bridgehead atoms. The summed E-state index contributed by atoms with van der Waals surface area (Å²) in [6.45, 7) is 5.29. The minimum Gasteiger partial charge on any atom is -0.329 e. The highest BCUT2D eigenvalue weighted by Gasteiger charge is 2.15. The van der Waals surface area contributed by atoms with Gasteiger partial charge in [-0.05, 0) is 26.5 Å². The van der Waals surface area contributed by atoms with Crippen molar-refractivity contribution in [3.8, 4) is 6.07 Å². The van der Waals surface area contributed by atoms with Crippen LogP contribution in [0.1, 0.15) is 16.0 Å². The van der Waals surface area contributed by atoms with Crippen LogP contribution in [0.2, 0.25) is 0 Å². The van der Waals surface area contributed by atoms with E-state index in [1.165, 1.54) is 11.3 Å². The normalized spacial score (nSPS) is 10.4. The summed E-state index contributed by atoms with van der Waals surface area (Å²) in [7, 11) is 1.84. The van der Waals surface area contributed by atoms with Crippen molar-refractivity contribution in [2.75, 3.05) is 32.0 Å². The van der Waals surface area contributed by atoms with Gasteiger partial charge in [0, 0.05) is 18.0 Å². The number of amides is 1. The first-order chi connectivity index (χ1) is 8.49. The Morgan fingerprint density at radius 1 is 1.56 bits per heavy atom. The number of aryl methyl sites for hydroxylation is 1. The topological polar surface area (TPSA) is 82.2 Å². The Balaban J connectivity index is 2.71. The molecule has 0 spiro atoms. The molecule has 1 aromatic heterocycles. The number of carbonyl (C=O) groups is 1. The van der Waals surface area contributed by atoms with E-state index in [0.29, 0.717) is 23.7 Å². The van der Waals surface area contributed by atoms with Crippen LogP contribution in [0.5, 0.6) is 0 Å². The Morgan fingerprint density at radius 3 is 2.78 bits per heavy atom. The van der Waals surface area contributed by atoms with Gasteiger partial charge in [0.1, 0.15) is 11.1 Å². The van der Waals surface area contributed by atoms with Gasteiger partial charge < -0.3 is 11.1 Å². The minimum atomic E-state index is -0.122. The quantitative estimate of drug-likeness (QED) is 0.835. The van der Waals surface area contributed by atoms with Crippen LogP contribution in [0.25, 0.3) is 0 Å². The molecule has 0 unspecified atom stereocenters. The standard InChI is InChI=1S/C12H18N4OS/c1-8-9(2)18-12(10(8)6-14)15-11(17)7-16(3)5-4-13/h4-5,7,13H2,1-3H3,(H,15,17). The smallest absolute Gasteiger partial charge is 0.239 e. The molecule has 0 fully saturated rings. The Labute approximate surface area is 111 Å². The number of likely N-dealkylation sites (N-methyl/N-ethyl adjacent to an activating group) is 1. The molecule has 1 amide bonds. The third kappa shape index (κ3) is 3.53. The third-order valence-corrected chi connectivity index (χ3v) is 3.80. The predicted molar refractivity (Wildman–Crippen MR) is 73.7 cm³/mol. The van der Waals surface area contributed by atoms with Crippen molar-refractivity contribution < 1.29 is 4.79 Å². The molecule has 0 saturated carbocycles. The molecular weight excluding hydrogens is 248 g/mol. The number of nitrogens with two attached hydrogens (primary N) is 1. The summed E-state index contributed by atoms with van der Waals surface area (Å²) in [5, 5.41) is 12.5. The summed E-state index contributed by atoms with van der Waals surface area (Å²) in [6, 6.07) is 2.13. The minimum absolute atomic E-state index is 0.122. The lowest BCUT2D eigenvalue weighted by Gasteiger charge is -2.14. The molecule has 3 N–H and O–H groups in total. The molecule has 0 aliphatic carbocycles. The second-order valence-electron chi connectivity index (χ2n) is 4.17. The first-order valence-corrected chi connectivity index (χ1v) is 6.49. The summed E-state index contributed by atoms with van der Waals surface area (Å²) in [5.74, 6) is -0.122. The molecule has 1 rings (SSSR count). The van der Waals surface area contributed by atoms with Crippen LogP contribution in [0.15, 0.2) is 0 Å². The van der Waals surface area contributed by atoms with Gasteiger partial charge >= 0.3 is 0 Å². The lowest BCUT2D eigenvalue weighted by atomic mass is 10.2. The van der Waals surface area contributed by atoms with E-state index >= 15 is 0 Å². The van der Waals surface area contributed by atoms with Gasteiger partial charge in [-0.2, -0.15) is 5.26 Å². The molecule has 6 heteroatoms. The maximum Gasteiger partial charge on any atom is 0.239 e. The van der Waals surface area contributed by atoms with Crippen LogP contribution in [0, 0.1) is 25.2 Å². The molecule has 0 aliphatic heterocycles. The van der Waals surface area contributed by atoms with E-state index in [4.69, 9.17) is 11.0 Å². The first kappa shape index (κ1) is 14.6. The van der Waals surface area contributed by atoms with E-state index in [9.17, 15) is 4.79 Å². The zero-order chi connectivity index (χ0) is 13.7. The number of hydrogen-bond donors (Lipinski definition) is 2. The predicted octanol–water partition coefficient (Wildman–Crippen LogP) is 1.07. The Bertz CT molecular complexity index is 475. The molecule has 5 nitrogen and oxygen atoms in total.